The van der Waals surface area contributed by atoms with Gasteiger partial charge in [-0.2, -0.15) is 0 Å². The summed E-state index contributed by atoms with van der Waals surface area (Å²) in [7, 11) is 0. The lowest BCUT2D eigenvalue weighted by Gasteiger charge is -2.35. The van der Waals surface area contributed by atoms with Gasteiger partial charge in [0.05, 0.1) is 13.2 Å². The second-order valence-electron chi connectivity index (χ2n) is 4.61. The van der Waals surface area contributed by atoms with E-state index in [1.165, 1.54) is 12.8 Å². The molecule has 2 N–H and O–H groups in total. The fourth-order valence-electron chi connectivity index (χ4n) is 2.63. The third-order valence-corrected chi connectivity index (χ3v) is 3.80. The van der Waals surface area contributed by atoms with Gasteiger partial charge >= 0.3 is 0 Å². The molecule has 1 saturated carbocycles. The monoisotopic (exact) mass is 216 g/mol. The molecular formula is C12H24O3. The van der Waals surface area contributed by atoms with E-state index < -0.39 is 0 Å². The summed E-state index contributed by atoms with van der Waals surface area (Å²) in [4.78, 5) is 0. The first-order valence-corrected chi connectivity index (χ1v) is 6.08. The van der Waals surface area contributed by atoms with Crippen LogP contribution in [-0.2, 0) is 4.74 Å². The van der Waals surface area contributed by atoms with Crippen molar-refractivity contribution in [2.24, 2.45) is 11.3 Å². The van der Waals surface area contributed by atoms with Crippen LogP contribution in [0.25, 0.3) is 0 Å². The van der Waals surface area contributed by atoms with Gasteiger partial charge in [-0.15, -0.1) is 0 Å². The van der Waals surface area contributed by atoms with Crippen molar-refractivity contribution < 1.29 is 14.9 Å². The lowest BCUT2D eigenvalue weighted by Crippen LogP contribution is -2.38. The number of hydrogen-bond donors (Lipinski definition) is 2. The molecule has 1 aliphatic carbocycles. The highest BCUT2D eigenvalue weighted by Gasteiger charge is 2.38. The van der Waals surface area contributed by atoms with Gasteiger partial charge in [0.1, 0.15) is 0 Å². The van der Waals surface area contributed by atoms with E-state index in [-0.39, 0.29) is 18.6 Å². The van der Waals surface area contributed by atoms with Crippen molar-refractivity contribution >= 4 is 0 Å². The minimum Gasteiger partial charge on any atom is -0.396 e. The predicted octanol–water partition coefficient (Wildman–Crippen LogP) is 1.57. The van der Waals surface area contributed by atoms with Crippen LogP contribution in [0.3, 0.4) is 0 Å². The zero-order chi connectivity index (χ0) is 11.1. The third kappa shape index (κ3) is 3.16. The largest absolute Gasteiger partial charge is 0.396 e. The number of hydrogen-bond acceptors (Lipinski definition) is 3. The van der Waals surface area contributed by atoms with E-state index in [0.29, 0.717) is 19.1 Å². The van der Waals surface area contributed by atoms with Crippen LogP contribution >= 0.6 is 0 Å². The molecule has 90 valence electrons. The van der Waals surface area contributed by atoms with E-state index in [9.17, 15) is 10.2 Å². The Bertz CT molecular complexity index is 160. The molecule has 0 saturated heterocycles. The Morgan fingerprint density at radius 2 is 1.80 bits per heavy atom. The second-order valence-corrected chi connectivity index (χ2v) is 4.61. The van der Waals surface area contributed by atoms with Crippen LogP contribution in [0.15, 0.2) is 0 Å². The SMILES string of the molecule is CCOCCC(CO)(CO)C1CCCC1. The first kappa shape index (κ1) is 12.9. The first-order chi connectivity index (χ1) is 7.29. The maximum absolute atomic E-state index is 9.52. The van der Waals surface area contributed by atoms with Gasteiger partial charge in [0, 0.05) is 18.6 Å². The molecule has 0 heterocycles. The minimum absolute atomic E-state index is 0.0846. The van der Waals surface area contributed by atoms with Crippen LogP contribution in [0.1, 0.15) is 39.0 Å². The zero-order valence-corrected chi connectivity index (χ0v) is 9.74. The summed E-state index contributed by atoms with van der Waals surface area (Å²) in [5, 5.41) is 19.0. The van der Waals surface area contributed by atoms with Crippen molar-refractivity contribution in [3.05, 3.63) is 0 Å². The normalized spacial score (nSPS) is 18.6. The van der Waals surface area contributed by atoms with Crippen LogP contribution in [0.5, 0.6) is 0 Å². The molecule has 0 aromatic carbocycles. The summed E-state index contributed by atoms with van der Waals surface area (Å²) < 4.78 is 5.33. The van der Waals surface area contributed by atoms with E-state index >= 15 is 0 Å². The van der Waals surface area contributed by atoms with Crippen molar-refractivity contribution in [1.82, 2.24) is 0 Å². The van der Waals surface area contributed by atoms with Gasteiger partial charge in [-0.05, 0) is 32.1 Å². The van der Waals surface area contributed by atoms with Crippen molar-refractivity contribution in [3.8, 4) is 0 Å². The third-order valence-electron chi connectivity index (χ3n) is 3.80. The van der Waals surface area contributed by atoms with Gasteiger partial charge in [0.25, 0.3) is 0 Å². The predicted molar refractivity (Wildman–Crippen MR) is 59.7 cm³/mol. The molecule has 1 aliphatic rings. The Balaban J connectivity index is 2.50. The Morgan fingerprint density at radius 3 is 2.27 bits per heavy atom. The second kappa shape index (κ2) is 6.46. The molecule has 3 heteroatoms. The molecule has 0 bridgehead atoms. The smallest absolute Gasteiger partial charge is 0.0512 e. The maximum Gasteiger partial charge on any atom is 0.0512 e. The molecule has 0 unspecified atom stereocenters. The molecule has 0 aliphatic heterocycles. The average Bonchev–Trinajstić information content (AvgIpc) is 2.79. The van der Waals surface area contributed by atoms with Crippen molar-refractivity contribution in [2.45, 2.75) is 39.0 Å². The molecule has 0 amide bonds. The van der Waals surface area contributed by atoms with Gasteiger partial charge < -0.3 is 14.9 Å². The van der Waals surface area contributed by atoms with Gasteiger partial charge in [-0.25, -0.2) is 0 Å². The Labute approximate surface area is 92.4 Å². The summed E-state index contributed by atoms with van der Waals surface area (Å²) in [5.74, 6) is 0.480. The van der Waals surface area contributed by atoms with E-state index in [2.05, 4.69) is 0 Å². The van der Waals surface area contributed by atoms with Crippen LogP contribution in [0.4, 0.5) is 0 Å². The first-order valence-electron chi connectivity index (χ1n) is 6.08. The Kier molecular flexibility index (Phi) is 5.58. The highest BCUT2D eigenvalue weighted by Crippen LogP contribution is 2.41. The highest BCUT2D eigenvalue weighted by molar-refractivity contribution is 4.88. The molecule has 15 heavy (non-hydrogen) atoms. The van der Waals surface area contributed by atoms with E-state index in [1.54, 1.807) is 0 Å². The highest BCUT2D eigenvalue weighted by atomic mass is 16.5. The van der Waals surface area contributed by atoms with E-state index in [1.807, 2.05) is 6.92 Å². The van der Waals surface area contributed by atoms with Crippen LogP contribution in [0.2, 0.25) is 0 Å². The summed E-state index contributed by atoms with van der Waals surface area (Å²) in [5.41, 5.74) is -0.300. The van der Waals surface area contributed by atoms with Crippen molar-refractivity contribution in [2.75, 3.05) is 26.4 Å². The topological polar surface area (TPSA) is 49.7 Å². The van der Waals surface area contributed by atoms with Crippen molar-refractivity contribution in [3.63, 3.8) is 0 Å². The lowest BCUT2D eigenvalue weighted by atomic mass is 9.73. The van der Waals surface area contributed by atoms with E-state index in [0.717, 1.165) is 19.3 Å². The fraction of sp³-hybridized carbons (Fsp3) is 1.00. The molecule has 0 aromatic heterocycles. The number of aliphatic hydroxyl groups is 2. The molecule has 0 aromatic rings. The van der Waals surface area contributed by atoms with Gasteiger partial charge in [-0.3, -0.25) is 0 Å². The maximum atomic E-state index is 9.52. The Hall–Kier alpha value is -0.120. The molecule has 0 atom stereocenters. The van der Waals surface area contributed by atoms with Gasteiger partial charge in [-0.1, -0.05) is 12.8 Å². The standard InChI is InChI=1S/C12H24O3/c1-2-15-8-7-12(9-13,10-14)11-5-3-4-6-11/h11,13-14H,2-10H2,1H3. The summed E-state index contributed by atoms with van der Waals surface area (Å²) in [6, 6.07) is 0. The lowest BCUT2D eigenvalue weighted by molar-refractivity contribution is -0.0225. The summed E-state index contributed by atoms with van der Waals surface area (Å²) in [6.45, 7) is 3.49. The van der Waals surface area contributed by atoms with Crippen LogP contribution in [-0.4, -0.2) is 36.6 Å². The summed E-state index contributed by atoms with van der Waals surface area (Å²) in [6.07, 6.45) is 5.54. The van der Waals surface area contributed by atoms with Crippen LogP contribution < -0.4 is 0 Å². The molecule has 0 radical (unpaired) electrons. The average molecular weight is 216 g/mol. The fourth-order valence-corrected chi connectivity index (χ4v) is 2.63. The summed E-state index contributed by atoms with van der Waals surface area (Å²) >= 11 is 0. The zero-order valence-electron chi connectivity index (χ0n) is 9.74. The number of aliphatic hydroxyl groups excluding tert-OH is 2. The van der Waals surface area contributed by atoms with Crippen LogP contribution in [0, 0.1) is 11.3 Å². The van der Waals surface area contributed by atoms with Crippen molar-refractivity contribution in [1.29, 1.82) is 0 Å². The van der Waals surface area contributed by atoms with Gasteiger partial charge in [0.15, 0.2) is 0 Å². The Morgan fingerprint density at radius 1 is 1.20 bits per heavy atom. The molecule has 1 fully saturated rings. The number of ether oxygens (including phenoxy) is 1. The molecule has 3 nitrogen and oxygen atoms in total. The number of rotatable bonds is 7. The van der Waals surface area contributed by atoms with Gasteiger partial charge in [0.2, 0.25) is 0 Å². The molecule has 0 spiro atoms. The minimum atomic E-state index is -0.300. The quantitative estimate of drug-likeness (QED) is 0.635. The van der Waals surface area contributed by atoms with E-state index in [4.69, 9.17) is 4.74 Å². The molecular weight excluding hydrogens is 192 g/mol. The molecule has 1 rings (SSSR count).